The predicted octanol–water partition coefficient (Wildman–Crippen LogP) is 3.53. The lowest BCUT2D eigenvalue weighted by Crippen LogP contribution is -2.48. The van der Waals surface area contributed by atoms with Crippen molar-refractivity contribution in [3.63, 3.8) is 0 Å². The number of allylic oxidation sites excluding steroid dienone is 1. The summed E-state index contributed by atoms with van der Waals surface area (Å²) < 4.78 is 0. The van der Waals surface area contributed by atoms with Gasteiger partial charge in [-0.3, -0.25) is 9.69 Å². The van der Waals surface area contributed by atoms with Crippen LogP contribution in [-0.2, 0) is 4.79 Å². The predicted molar refractivity (Wildman–Crippen MR) is 84.9 cm³/mol. The van der Waals surface area contributed by atoms with E-state index in [0.717, 1.165) is 6.42 Å². The molecular formula is C19H23NO. The van der Waals surface area contributed by atoms with Gasteiger partial charge in [-0.05, 0) is 44.0 Å². The number of benzene rings is 1. The molecule has 2 bridgehead atoms. The van der Waals surface area contributed by atoms with Crippen molar-refractivity contribution in [3.05, 3.63) is 42.0 Å². The Bertz CT molecular complexity index is 618. The monoisotopic (exact) mass is 281 g/mol. The van der Waals surface area contributed by atoms with Crippen LogP contribution in [0.3, 0.4) is 0 Å². The molecule has 3 aliphatic carbocycles. The van der Waals surface area contributed by atoms with Crippen LogP contribution in [0.1, 0.15) is 37.7 Å². The molecule has 1 aromatic carbocycles. The van der Waals surface area contributed by atoms with Crippen molar-refractivity contribution in [1.29, 1.82) is 0 Å². The number of Topliss-reactive ketones (excluding diaryl/α,β-unsaturated/α-hetero) is 1. The molecule has 0 aliphatic heterocycles. The van der Waals surface area contributed by atoms with Crippen LogP contribution in [0.4, 0.5) is 0 Å². The summed E-state index contributed by atoms with van der Waals surface area (Å²) in [6.07, 6.45) is 7.78. The van der Waals surface area contributed by atoms with Gasteiger partial charge in [-0.2, -0.15) is 0 Å². The fourth-order valence-corrected chi connectivity index (χ4v) is 5.31. The molecule has 2 fully saturated rings. The van der Waals surface area contributed by atoms with E-state index in [2.05, 4.69) is 55.4 Å². The molecule has 0 saturated heterocycles. The average molecular weight is 281 g/mol. The standard InChI is InChI=1S/C19H23NO/c1-20(2)19-13-17(21)18(11-7-6-10-16(18)19)12-15(19)14-8-4-3-5-9-14/h3-5,8-9,12,16H,6-7,10-11,13H2,1-2H3/t16?,18-,19+/m0/s1. The lowest BCUT2D eigenvalue weighted by Gasteiger charge is -2.43. The molecule has 0 aromatic heterocycles. The van der Waals surface area contributed by atoms with Crippen molar-refractivity contribution in [1.82, 2.24) is 4.90 Å². The fraction of sp³-hybridized carbons (Fsp3) is 0.526. The Morgan fingerprint density at radius 1 is 1.14 bits per heavy atom. The minimum atomic E-state index is -0.159. The first-order valence-corrected chi connectivity index (χ1v) is 8.11. The molecule has 2 saturated carbocycles. The van der Waals surface area contributed by atoms with Crippen LogP contribution in [0.5, 0.6) is 0 Å². The molecule has 2 heteroatoms. The fourth-order valence-electron chi connectivity index (χ4n) is 5.31. The van der Waals surface area contributed by atoms with Crippen LogP contribution in [0.25, 0.3) is 5.57 Å². The Kier molecular flexibility index (Phi) is 2.71. The highest BCUT2D eigenvalue weighted by Gasteiger charge is 2.68. The largest absolute Gasteiger partial charge is 0.299 e. The van der Waals surface area contributed by atoms with E-state index in [0.29, 0.717) is 18.1 Å². The van der Waals surface area contributed by atoms with Crippen molar-refractivity contribution in [2.45, 2.75) is 37.6 Å². The second-order valence-electron chi connectivity index (χ2n) is 7.18. The summed E-state index contributed by atoms with van der Waals surface area (Å²) in [5.74, 6) is 0.969. The van der Waals surface area contributed by atoms with Gasteiger partial charge in [-0.1, -0.05) is 49.2 Å². The van der Waals surface area contributed by atoms with Crippen LogP contribution in [0.2, 0.25) is 0 Å². The minimum Gasteiger partial charge on any atom is -0.299 e. The van der Waals surface area contributed by atoms with Crippen LogP contribution in [0.15, 0.2) is 36.4 Å². The molecule has 1 unspecified atom stereocenters. The molecule has 110 valence electrons. The summed E-state index contributed by atoms with van der Waals surface area (Å²) in [6.45, 7) is 0. The van der Waals surface area contributed by atoms with Crippen molar-refractivity contribution in [2.75, 3.05) is 14.1 Å². The minimum absolute atomic E-state index is 0.0706. The van der Waals surface area contributed by atoms with Gasteiger partial charge in [-0.15, -0.1) is 0 Å². The van der Waals surface area contributed by atoms with Gasteiger partial charge in [0.05, 0.1) is 11.0 Å². The normalized spacial score (nSPS) is 37.8. The first kappa shape index (κ1) is 13.3. The van der Waals surface area contributed by atoms with Gasteiger partial charge in [0.1, 0.15) is 5.78 Å². The summed E-state index contributed by atoms with van der Waals surface area (Å²) in [5, 5.41) is 0. The van der Waals surface area contributed by atoms with Gasteiger partial charge in [0.15, 0.2) is 0 Å². The van der Waals surface area contributed by atoms with Crippen LogP contribution in [0, 0.1) is 11.3 Å². The van der Waals surface area contributed by atoms with E-state index in [9.17, 15) is 4.79 Å². The molecule has 4 rings (SSSR count). The highest BCUT2D eigenvalue weighted by molar-refractivity contribution is 6.01. The quantitative estimate of drug-likeness (QED) is 0.826. The van der Waals surface area contributed by atoms with Crippen LogP contribution in [-0.4, -0.2) is 30.3 Å². The SMILES string of the molecule is CN(C)[C@]12CC(=O)[C@]3(C=C1c1ccccc1)CCCCC32. The van der Waals surface area contributed by atoms with Crippen molar-refractivity contribution >= 4 is 11.4 Å². The van der Waals surface area contributed by atoms with Gasteiger partial charge in [0, 0.05) is 6.42 Å². The van der Waals surface area contributed by atoms with Crippen LogP contribution >= 0.6 is 0 Å². The van der Waals surface area contributed by atoms with Gasteiger partial charge in [0.25, 0.3) is 0 Å². The van der Waals surface area contributed by atoms with Crippen LogP contribution < -0.4 is 0 Å². The van der Waals surface area contributed by atoms with Gasteiger partial charge in [0.2, 0.25) is 0 Å². The molecule has 0 N–H and O–H groups in total. The van der Waals surface area contributed by atoms with Crippen molar-refractivity contribution < 1.29 is 4.79 Å². The molecule has 3 atom stereocenters. The highest BCUT2D eigenvalue weighted by atomic mass is 16.1. The second kappa shape index (κ2) is 4.30. The number of nitrogens with zero attached hydrogens (tertiary/aromatic N) is 1. The van der Waals surface area contributed by atoms with E-state index in [-0.39, 0.29) is 11.0 Å². The van der Waals surface area contributed by atoms with E-state index in [1.807, 2.05) is 0 Å². The van der Waals surface area contributed by atoms with Gasteiger partial charge < -0.3 is 0 Å². The maximum atomic E-state index is 12.8. The Morgan fingerprint density at radius 3 is 2.62 bits per heavy atom. The summed E-state index contributed by atoms with van der Waals surface area (Å²) in [5.41, 5.74) is 2.47. The molecule has 21 heavy (non-hydrogen) atoms. The maximum absolute atomic E-state index is 12.8. The summed E-state index contributed by atoms with van der Waals surface area (Å²) in [7, 11) is 4.31. The molecular weight excluding hydrogens is 258 g/mol. The van der Waals surface area contributed by atoms with Crippen molar-refractivity contribution in [3.8, 4) is 0 Å². The maximum Gasteiger partial charge on any atom is 0.145 e. The Morgan fingerprint density at radius 2 is 1.90 bits per heavy atom. The second-order valence-corrected chi connectivity index (χ2v) is 7.18. The number of rotatable bonds is 2. The highest BCUT2D eigenvalue weighted by Crippen LogP contribution is 2.66. The molecule has 2 nitrogen and oxygen atoms in total. The number of carbonyl (C=O) groups excluding carboxylic acids is 1. The summed E-state index contributed by atoms with van der Waals surface area (Å²) >= 11 is 0. The lowest BCUT2D eigenvalue weighted by molar-refractivity contribution is -0.125. The van der Waals surface area contributed by atoms with Gasteiger partial charge >= 0.3 is 0 Å². The zero-order chi connectivity index (χ0) is 14.7. The summed E-state index contributed by atoms with van der Waals surface area (Å²) in [4.78, 5) is 15.1. The summed E-state index contributed by atoms with van der Waals surface area (Å²) in [6, 6.07) is 10.7. The Labute approximate surface area is 126 Å². The molecule has 0 heterocycles. The van der Waals surface area contributed by atoms with E-state index >= 15 is 0 Å². The molecule has 0 amide bonds. The first-order chi connectivity index (χ1) is 10.1. The molecule has 0 radical (unpaired) electrons. The molecule has 1 aromatic rings. The number of hydrogen-bond donors (Lipinski definition) is 0. The molecule has 3 aliphatic rings. The van der Waals surface area contributed by atoms with Gasteiger partial charge in [-0.25, -0.2) is 0 Å². The first-order valence-electron chi connectivity index (χ1n) is 8.11. The third-order valence-electron chi connectivity index (χ3n) is 6.23. The third-order valence-corrected chi connectivity index (χ3v) is 6.23. The Balaban J connectivity index is 1.93. The zero-order valence-electron chi connectivity index (χ0n) is 12.9. The topological polar surface area (TPSA) is 20.3 Å². The van der Waals surface area contributed by atoms with E-state index in [1.165, 1.54) is 30.4 Å². The van der Waals surface area contributed by atoms with E-state index < -0.39 is 0 Å². The molecule has 0 spiro atoms. The number of hydrogen-bond acceptors (Lipinski definition) is 2. The zero-order valence-corrected chi connectivity index (χ0v) is 12.9. The average Bonchev–Trinajstić information content (AvgIpc) is 2.95. The number of ketones is 1. The van der Waals surface area contributed by atoms with E-state index in [1.54, 1.807) is 0 Å². The lowest BCUT2D eigenvalue weighted by atomic mass is 9.68. The smallest absolute Gasteiger partial charge is 0.145 e. The third kappa shape index (κ3) is 1.49. The Hall–Kier alpha value is -1.41. The van der Waals surface area contributed by atoms with Crippen molar-refractivity contribution in [2.24, 2.45) is 11.3 Å². The van der Waals surface area contributed by atoms with E-state index in [4.69, 9.17) is 0 Å². The number of likely N-dealkylation sites (N-methyl/N-ethyl adjacent to an activating group) is 1. The number of carbonyl (C=O) groups is 1.